The molecule has 1 saturated heterocycles. The fraction of sp³-hybridized carbons (Fsp3) is 0.500. The maximum Gasteiger partial charge on any atom is 0.491 e. The lowest BCUT2D eigenvalue weighted by Gasteiger charge is -2.32. The number of halogens is 4. The predicted octanol–water partition coefficient (Wildman–Crippen LogP) is 4.37. The van der Waals surface area contributed by atoms with Crippen LogP contribution < -0.4 is 5.73 Å². The van der Waals surface area contributed by atoms with E-state index in [4.69, 9.17) is 15.0 Å². The summed E-state index contributed by atoms with van der Waals surface area (Å²) in [6.45, 7) is 7.31. The van der Waals surface area contributed by atoms with Gasteiger partial charge in [0.1, 0.15) is 5.82 Å². The highest BCUT2D eigenvalue weighted by Gasteiger charge is 2.52. The Kier molecular flexibility index (Phi) is 5.25. The lowest BCUT2D eigenvalue weighted by atomic mass is 9.78. The van der Waals surface area contributed by atoms with E-state index in [0.717, 1.165) is 6.07 Å². The molecule has 0 spiro atoms. The van der Waals surface area contributed by atoms with Crippen molar-refractivity contribution >= 4 is 31.5 Å². The molecule has 1 fully saturated rings. The van der Waals surface area contributed by atoms with Gasteiger partial charge < -0.3 is 15.0 Å². The minimum atomic E-state index is -4.68. The first-order chi connectivity index (χ1) is 11.3. The zero-order valence-corrected chi connectivity index (χ0v) is 15.3. The molecule has 0 aromatic heterocycles. The van der Waals surface area contributed by atoms with Crippen LogP contribution in [0.15, 0.2) is 17.6 Å². The lowest BCUT2D eigenvalue weighted by Crippen LogP contribution is -2.41. The number of nitrogen functional groups attached to an aromatic ring is 1. The van der Waals surface area contributed by atoms with E-state index in [1.54, 1.807) is 0 Å². The van der Waals surface area contributed by atoms with Crippen molar-refractivity contribution in [2.75, 3.05) is 11.5 Å². The van der Waals surface area contributed by atoms with E-state index in [0.29, 0.717) is 11.5 Å². The van der Waals surface area contributed by atoms with Crippen molar-refractivity contribution in [3.05, 3.63) is 34.5 Å². The third-order valence-corrected chi connectivity index (χ3v) is 4.92. The second-order valence-electron chi connectivity index (χ2n) is 6.92. The SMILES string of the molecule is CC1(C)OB(C(=Cc2cc(F)c(N)cc2C(F)(F)F)CS)OC1(C)C. The fourth-order valence-corrected chi connectivity index (χ4v) is 2.59. The van der Waals surface area contributed by atoms with Gasteiger partial charge >= 0.3 is 13.3 Å². The molecular weight excluding hydrogens is 357 g/mol. The van der Waals surface area contributed by atoms with Gasteiger partial charge in [-0.05, 0) is 50.9 Å². The first kappa shape index (κ1) is 20.1. The third-order valence-electron chi connectivity index (χ3n) is 4.55. The van der Waals surface area contributed by atoms with Crippen molar-refractivity contribution in [3.8, 4) is 0 Å². The number of benzene rings is 1. The van der Waals surface area contributed by atoms with Crippen LogP contribution in [-0.2, 0) is 15.5 Å². The van der Waals surface area contributed by atoms with Crippen molar-refractivity contribution in [1.82, 2.24) is 0 Å². The molecule has 3 nitrogen and oxygen atoms in total. The van der Waals surface area contributed by atoms with Crippen molar-refractivity contribution in [2.24, 2.45) is 0 Å². The molecule has 1 aliphatic rings. The normalized spacial score (nSPS) is 20.2. The molecule has 1 aromatic carbocycles. The molecule has 0 bridgehead atoms. The zero-order chi connectivity index (χ0) is 19.2. The average Bonchev–Trinajstić information content (AvgIpc) is 2.66. The summed E-state index contributed by atoms with van der Waals surface area (Å²) in [5.74, 6) is -0.841. The van der Waals surface area contributed by atoms with E-state index in [9.17, 15) is 17.6 Å². The smallest absolute Gasteiger partial charge is 0.400 e. The molecule has 1 aromatic rings. The van der Waals surface area contributed by atoms with Gasteiger partial charge in [0.2, 0.25) is 0 Å². The number of rotatable bonds is 3. The summed E-state index contributed by atoms with van der Waals surface area (Å²) in [5, 5.41) is 0. The summed E-state index contributed by atoms with van der Waals surface area (Å²) in [6.07, 6.45) is -3.48. The van der Waals surface area contributed by atoms with Crippen LogP contribution in [0.3, 0.4) is 0 Å². The number of hydrogen-bond donors (Lipinski definition) is 2. The van der Waals surface area contributed by atoms with E-state index >= 15 is 0 Å². The molecule has 9 heteroatoms. The fourth-order valence-electron chi connectivity index (χ4n) is 2.35. The number of nitrogens with two attached hydrogens (primary N) is 1. The van der Waals surface area contributed by atoms with Crippen molar-refractivity contribution in [3.63, 3.8) is 0 Å². The molecule has 0 amide bonds. The van der Waals surface area contributed by atoms with Crippen LogP contribution in [0.25, 0.3) is 6.08 Å². The Morgan fingerprint density at radius 1 is 1.20 bits per heavy atom. The molecule has 25 heavy (non-hydrogen) atoms. The summed E-state index contributed by atoms with van der Waals surface area (Å²) in [5.41, 5.74) is 2.40. The quantitative estimate of drug-likeness (QED) is 0.356. The van der Waals surface area contributed by atoms with Crippen LogP contribution in [0.2, 0.25) is 0 Å². The van der Waals surface area contributed by atoms with Crippen LogP contribution >= 0.6 is 12.6 Å². The molecule has 1 aliphatic heterocycles. The molecule has 0 atom stereocenters. The number of hydrogen-bond acceptors (Lipinski definition) is 4. The van der Waals surface area contributed by atoms with Crippen molar-refractivity contribution in [2.45, 2.75) is 45.1 Å². The van der Waals surface area contributed by atoms with E-state index in [1.165, 1.54) is 6.08 Å². The summed E-state index contributed by atoms with van der Waals surface area (Å²) >= 11 is 4.16. The second-order valence-corrected chi connectivity index (χ2v) is 7.24. The van der Waals surface area contributed by atoms with E-state index in [-0.39, 0.29) is 11.3 Å². The van der Waals surface area contributed by atoms with Gasteiger partial charge in [-0.3, -0.25) is 0 Å². The number of thiol groups is 1. The highest BCUT2D eigenvalue weighted by Crippen LogP contribution is 2.40. The van der Waals surface area contributed by atoms with Gasteiger partial charge in [-0.25, -0.2) is 4.39 Å². The first-order valence-corrected chi connectivity index (χ1v) is 8.25. The Morgan fingerprint density at radius 3 is 2.16 bits per heavy atom. The molecule has 0 saturated carbocycles. The third kappa shape index (κ3) is 3.98. The average molecular weight is 377 g/mol. The topological polar surface area (TPSA) is 44.5 Å². The minimum absolute atomic E-state index is 0.0835. The predicted molar refractivity (Wildman–Crippen MR) is 93.7 cm³/mol. The summed E-state index contributed by atoms with van der Waals surface area (Å²) in [6, 6.07) is 1.34. The van der Waals surface area contributed by atoms with Gasteiger partial charge in [-0.2, -0.15) is 25.8 Å². The number of alkyl halides is 3. The van der Waals surface area contributed by atoms with Gasteiger partial charge in [0, 0.05) is 5.75 Å². The van der Waals surface area contributed by atoms with Crippen LogP contribution in [0.4, 0.5) is 23.2 Å². The minimum Gasteiger partial charge on any atom is -0.400 e. The Hall–Kier alpha value is -1.19. The van der Waals surface area contributed by atoms with Gasteiger partial charge in [0.15, 0.2) is 0 Å². The van der Waals surface area contributed by atoms with Gasteiger partial charge in [0.25, 0.3) is 0 Å². The molecule has 138 valence electrons. The van der Waals surface area contributed by atoms with Gasteiger partial charge in [-0.15, -0.1) is 0 Å². The standard InChI is InChI=1S/C16H20BF4NO2S/c1-14(2)15(3,4)24-17(23-14)10(8-25)5-9-6-12(18)13(22)7-11(9)16(19,20)21/h5-7,25H,8,22H2,1-4H3. The first-order valence-electron chi connectivity index (χ1n) is 7.61. The largest absolute Gasteiger partial charge is 0.491 e. The Labute approximate surface area is 150 Å². The Balaban J connectivity index is 2.50. The highest BCUT2D eigenvalue weighted by molar-refractivity contribution is 7.80. The maximum absolute atomic E-state index is 13.7. The van der Waals surface area contributed by atoms with Gasteiger partial charge in [0.05, 0.1) is 22.5 Å². The van der Waals surface area contributed by atoms with Crippen LogP contribution in [0.1, 0.15) is 38.8 Å². The van der Waals surface area contributed by atoms with Crippen LogP contribution in [0, 0.1) is 5.82 Å². The van der Waals surface area contributed by atoms with Gasteiger partial charge in [-0.1, -0.05) is 6.08 Å². The molecule has 0 unspecified atom stereocenters. The van der Waals surface area contributed by atoms with E-state index in [1.807, 2.05) is 27.7 Å². The molecular formula is C16H20BF4NO2S. The van der Waals surface area contributed by atoms with Crippen molar-refractivity contribution in [1.29, 1.82) is 0 Å². The monoisotopic (exact) mass is 377 g/mol. The maximum atomic E-state index is 13.7. The molecule has 1 heterocycles. The summed E-state index contributed by atoms with van der Waals surface area (Å²) < 4.78 is 65.1. The number of anilines is 1. The summed E-state index contributed by atoms with van der Waals surface area (Å²) in [7, 11) is -0.871. The molecule has 0 radical (unpaired) electrons. The lowest BCUT2D eigenvalue weighted by molar-refractivity contribution is -0.137. The van der Waals surface area contributed by atoms with Crippen LogP contribution in [0.5, 0.6) is 0 Å². The Bertz CT molecular complexity index is 688. The molecule has 2 N–H and O–H groups in total. The van der Waals surface area contributed by atoms with E-state index in [2.05, 4.69) is 12.6 Å². The van der Waals surface area contributed by atoms with Crippen LogP contribution in [-0.4, -0.2) is 24.1 Å². The molecule has 2 rings (SSSR count). The highest BCUT2D eigenvalue weighted by atomic mass is 32.1. The van der Waals surface area contributed by atoms with Crippen molar-refractivity contribution < 1.29 is 26.9 Å². The second kappa shape index (κ2) is 6.52. The summed E-state index contributed by atoms with van der Waals surface area (Å²) in [4.78, 5) is 0. The molecule has 0 aliphatic carbocycles. The Morgan fingerprint density at radius 2 is 1.72 bits per heavy atom. The zero-order valence-electron chi connectivity index (χ0n) is 14.4. The van der Waals surface area contributed by atoms with E-state index < -0.39 is 41.6 Å².